The van der Waals surface area contributed by atoms with Crippen LogP contribution in [0.1, 0.15) is 6.42 Å². The number of carbonyl (C=O) groups is 1. The fourth-order valence-electron chi connectivity index (χ4n) is 3.35. The highest BCUT2D eigenvalue weighted by atomic mass is 28.3. The predicted molar refractivity (Wildman–Crippen MR) is 88.6 cm³/mol. The second-order valence-electron chi connectivity index (χ2n) is 7.36. The Balaban J connectivity index is 1.98. The molecule has 0 aromatic rings. The van der Waals surface area contributed by atoms with Crippen LogP contribution in [-0.4, -0.2) is 59.2 Å². The third-order valence-corrected chi connectivity index (χ3v) is 5.20. The highest BCUT2D eigenvalue weighted by Gasteiger charge is 2.61. The first-order chi connectivity index (χ1) is 11.4. The van der Waals surface area contributed by atoms with Crippen LogP contribution in [-0.2, 0) is 28.5 Å². The van der Waals surface area contributed by atoms with E-state index in [1.165, 1.54) is 0 Å². The lowest BCUT2D eigenvalue weighted by Gasteiger charge is -2.39. The van der Waals surface area contributed by atoms with Gasteiger partial charge in [0, 0.05) is 13.0 Å². The van der Waals surface area contributed by atoms with Gasteiger partial charge in [-0.3, -0.25) is 4.79 Å². The van der Waals surface area contributed by atoms with Gasteiger partial charge in [-0.2, -0.15) is 0 Å². The molecule has 0 bridgehead atoms. The van der Waals surface area contributed by atoms with Crippen LogP contribution in [0, 0.1) is 17.4 Å². The number of hydrogen-bond acceptors (Lipinski definition) is 6. The zero-order chi connectivity index (χ0) is 17.4. The van der Waals surface area contributed by atoms with E-state index in [1.807, 2.05) is 6.08 Å². The topological polar surface area (TPSA) is 63.2 Å². The van der Waals surface area contributed by atoms with Gasteiger partial charge >= 0.3 is 5.97 Å². The predicted octanol–water partition coefficient (Wildman–Crippen LogP) is 1.47. The van der Waals surface area contributed by atoms with Gasteiger partial charge in [0.05, 0.1) is 13.0 Å². The molecule has 2 saturated heterocycles. The maximum atomic E-state index is 12.1. The molecule has 6 nitrogen and oxygen atoms in total. The first-order valence-electron chi connectivity index (χ1n) is 8.12. The fourth-order valence-corrected chi connectivity index (χ4v) is 3.92. The zero-order valence-corrected chi connectivity index (χ0v) is 15.6. The molecule has 0 spiro atoms. The van der Waals surface area contributed by atoms with Crippen LogP contribution in [0.5, 0.6) is 0 Å². The third kappa shape index (κ3) is 3.30. The lowest BCUT2D eigenvalue weighted by atomic mass is 9.72. The van der Waals surface area contributed by atoms with Gasteiger partial charge in [0.15, 0.2) is 0 Å². The quantitative estimate of drug-likeness (QED) is 0.191. The van der Waals surface area contributed by atoms with Crippen molar-refractivity contribution >= 4 is 14.0 Å². The Hall–Kier alpha value is -1.17. The number of ether oxygens (including phenoxy) is 5. The molecule has 2 fully saturated rings. The molecule has 3 rings (SSSR count). The van der Waals surface area contributed by atoms with Crippen molar-refractivity contribution in [3.63, 3.8) is 0 Å². The van der Waals surface area contributed by atoms with Crippen LogP contribution in [0.15, 0.2) is 11.6 Å². The molecular weight excluding hydrogens is 328 g/mol. The smallest absolute Gasteiger partial charge is 0.308 e. The molecule has 0 amide bonds. The molecule has 0 unspecified atom stereocenters. The van der Waals surface area contributed by atoms with Gasteiger partial charge < -0.3 is 23.7 Å². The Morgan fingerprint density at radius 2 is 2.17 bits per heavy atom. The first kappa shape index (κ1) is 17.6. The molecule has 7 heteroatoms. The number of hydrogen-bond donors (Lipinski definition) is 0. The summed E-state index contributed by atoms with van der Waals surface area (Å²) in [6.45, 7) is 7.21. The van der Waals surface area contributed by atoms with Crippen LogP contribution >= 0.6 is 0 Å². The average Bonchev–Trinajstić information content (AvgIpc) is 3.09. The van der Waals surface area contributed by atoms with E-state index in [4.69, 9.17) is 23.7 Å². The molecule has 0 aromatic heterocycles. The normalized spacial score (nSPS) is 34.8. The Bertz CT molecular complexity index is 598. The maximum absolute atomic E-state index is 12.1. The fraction of sp³-hybridized carbons (Fsp3) is 0.706. The summed E-state index contributed by atoms with van der Waals surface area (Å²) >= 11 is 0. The van der Waals surface area contributed by atoms with Crippen molar-refractivity contribution in [2.45, 2.75) is 43.9 Å². The van der Waals surface area contributed by atoms with E-state index >= 15 is 0 Å². The molecule has 1 aliphatic carbocycles. The summed E-state index contributed by atoms with van der Waals surface area (Å²) in [5, 5.41) is 0. The van der Waals surface area contributed by atoms with Crippen molar-refractivity contribution in [3.8, 4) is 11.5 Å². The third-order valence-electron chi connectivity index (χ3n) is 4.33. The summed E-state index contributed by atoms with van der Waals surface area (Å²) in [4.78, 5) is 12.1. The summed E-state index contributed by atoms with van der Waals surface area (Å²) in [6.07, 6.45) is 1.62. The van der Waals surface area contributed by atoms with E-state index < -0.39 is 13.7 Å². The molecule has 3 aliphatic rings. The van der Waals surface area contributed by atoms with E-state index in [0.29, 0.717) is 6.61 Å². The van der Waals surface area contributed by atoms with E-state index in [1.54, 1.807) is 7.11 Å². The summed E-state index contributed by atoms with van der Waals surface area (Å²) < 4.78 is 27.7. The highest BCUT2D eigenvalue weighted by molar-refractivity contribution is 6.83. The molecule has 132 valence electrons. The van der Waals surface area contributed by atoms with Gasteiger partial charge in [-0.15, -0.1) is 5.54 Å². The van der Waals surface area contributed by atoms with E-state index in [-0.39, 0.29) is 44.1 Å². The molecular formula is C17H24O6Si. The molecule has 4 atom stereocenters. The molecule has 0 radical (unpaired) electrons. The average molecular weight is 352 g/mol. The number of methoxy groups -OCH3 is 1. The lowest BCUT2D eigenvalue weighted by molar-refractivity contribution is -0.154. The lowest BCUT2D eigenvalue weighted by Crippen LogP contribution is -2.54. The first-order valence-corrected chi connectivity index (χ1v) is 11.6. The summed E-state index contributed by atoms with van der Waals surface area (Å²) in [5.74, 6) is 2.87. The van der Waals surface area contributed by atoms with Gasteiger partial charge in [0.1, 0.15) is 33.9 Å². The summed E-state index contributed by atoms with van der Waals surface area (Å²) in [6, 6.07) is 0. The Labute approximate surface area is 143 Å². The molecule has 24 heavy (non-hydrogen) atoms. The standard InChI is InChI=1S/C17H24O6Si/c1-19-10-20-9-12-7-14-16(22-11-21-14)17(5-6-24(2,3)4)13(12)8-15(18)23-17/h7,13-14,16H,8-11H2,1-4H3/t13-,14+,16+,17-/m1/s1. The zero-order valence-electron chi connectivity index (χ0n) is 14.6. The number of fused-ring (bicyclic) bond motifs is 3. The van der Waals surface area contributed by atoms with Crippen LogP contribution in [0.4, 0.5) is 0 Å². The highest BCUT2D eigenvalue weighted by Crippen LogP contribution is 2.48. The van der Waals surface area contributed by atoms with Crippen molar-refractivity contribution in [1.82, 2.24) is 0 Å². The largest absolute Gasteiger partial charge is 0.442 e. The minimum atomic E-state index is -1.64. The molecule has 0 aromatic carbocycles. The monoisotopic (exact) mass is 352 g/mol. The van der Waals surface area contributed by atoms with Crippen LogP contribution in [0.2, 0.25) is 19.6 Å². The van der Waals surface area contributed by atoms with Crippen molar-refractivity contribution in [2.75, 3.05) is 27.3 Å². The Kier molecular flexibility index (Phi) is 4.86. The van der Waals surface area contributed by atoms with Crippen molar-refractivity contribution in [2.24, 2.45) is 5.92 Å². The van der Waals surface area contributed by atoms with E-state index in [9.17, 15) is 4.79 Å². The number of rotatable bonds is 4. The van der Waals surface area contributed by atoms with Gasteiger partial charge in [0.25, 0.3) is 0 Å². The van der Waals surface area contributed by atoms with Gasteiger partial charge in [-0.1, -0.05) is 31.6 Å². The van der Waals surface area contributed by atoms with Crippen LogP contribution in [0.25, 0.3) is 0 Å². The van der Waals surface area contributed by atoms with Gasteiger partial charge in [0.2, 0.25) is 5.60 Å². The summed E-state index contributed by atoms with van der Waals surface area (Å²) in [5.41, 5.74) is 3.35. The van der Waals surface area contributed by atoms with Gasteiger partial charge in [-0.25, -0.2) is 0 Å². The summed E-state index contributed by atoms with van der Waals surface area (Å²) in [7, 11) is -0.0704. The minimum absolute atomic E-state index is 0.173. The molecule has 2 heterocycles. The second kappa shape index (κ2) is 6.62. The van der Waals surface area contributed by atoms with Crippen molar-refractivity contribution < 1.29 is 28.5 Å². The van der Waals surface area contributed by atoms with Crippen LogP contribution in [0.3, 0.4) is 0 Å². The van der Waals surface area contributed by atoms with Crippen LogP contribution < -0.4 is 0 Å². The van der Waals surface area contributed by atoms with Crippen molar-refractivity contribution in [3.05, 3.63) is 11.6 Å². The maximum Gasteiger partial charge on any atom is 0.308 e. The Morgan fingerprint density at radius 1 is 1.38 bits per heavy atom. The molecule has 0 N–H and O–H groups in total. The minimum Gasteiger partial charge on any atom is -0.442 e. The molecule has 2 aliphatic heterocycles. The van der Waals surface area contributed by atoms with Crippen molar-refractivity contribution in [1.29, 1.82) is 0 Å². The SMILES string of the molecule is COCOCC1=C[C@@H]2OCO[C@@H]2[C@]2(C#C[Si](C)(C)C)OC(=O)C[C@H]12. The molecule has 0 saturated carbocycles. The van der Waals surface area contributed by atoms with E-state index in [0.717, 1.165) is 5.57 Å². The van der Waals surface area contributed by atoms with Gasteiger partial charge in [-0.05, 0) is 5.57 Å². The number of carbonyl (C=O) groups excluding carboxylic acids is 1. The second-order valence-corrected chi connectivity index (χ2v) is 12.1. The Morgan fingerprint density at radius 3 is 2.88 bits per heavy atom. The van der Waals surface area contributed by atoms with E-state index in [2.05, 4.69) is 31.1 Å². The number of esters is 1.